The number of amides is 1. The minimum atomic E-state index is -0.238. The van der Waals surface area contributed by atoms with E-state index in [1.165, 1.54) is 0 Å². The number of hydrogen-bond donors (Lipinski definition) is 2. The van der Waals surface area contributed by atoms with Gasteiger partial charge in [-0.1, -0.05) is 42.5 Å². The Balaban J connectivity index is 0.00000363. The summed E-state index contributed by atoms with van der Waals surface area (Å²) in [6.07, 6.45) is 2.20. The van der Waals surface area contributed by atoms with Gasteiger partial charge >= 0.3 is 6.09 Å². The molecule has 174 valence electrons. The van der Waals surface area contributed by atoms with Crippen LogP contribution in [0.3, 0.4) is 0 Å². The van der Waals surface area contributed by atoms with Gasteiger partial charge in [-0.25, -0.2) is 4.79 Å². The predicted molar refractivity (Wildman–Crippen MR) is 138 cm³/mol. The van der Waals surface area contributed by atoms with Crippen molar-refractivity contribution in [3.8, 4) is 5.75 Å². The average molecular weight is 552 g/mol. The molecule has 0 saturated carbocycles. The number of benzene rings is 2. The first-order chi connectivity index (χ1) is 15.1. The van der Waals surface area contributed by atoms with Crippen LogP contribution in [0.1, 0.15) is 30.9 Å². The number of halogens is 1. The first kappa shape index (κ1) is 25.8. The predicted octanol–water partition coefficient (Wildman–Crippen LogP) is 3.95. The van der Waals surface area contributed by atoms with Crippen LogP contribution in [0.4, 0.5) is 4.79 Å². The SMILES string of the molecule is CCOC(=O)N1CCC(NC(N)=NCCc2cccc(OCc3ccccc3)c2)CC1.I. The highest BCUT2D eigenvalue weighted by Gasteiger charge is 2.23. The molecule has 0 radical (unpaired) electrons. The van der Waals surface area contributed by atoms with Crippen LogP contribution in [0.15, 0.2) is 59.6 Å². The van der Waals surface area contributed by atoms with Crippen LogP contribution >= 0.6 is 24.0 Å². The van der Waals surface area contributed by atoms with Crippen LogP contribution in [0.2, 0.25) is 0 Å². The molecule has 1 amide bonds. The number of nitrogens with one attached hydrogen (secondary N) is 1. The lowest BCUT2D eigenvalue weighted by molar-refractivity contribution is 0.0963. The largest absolute Gasteiger partial charge is 0.489 e. The summed E-state index contributed by atoms with van der Waals surface area (Å²) in [6, 6.07) is 18.4. The molecule has 0 aromatic heterocycles. The summed E-state index contributed by atoms with van der Waals surface area (Å²) in [6.45, 7) is 4.70. The van der Waals surface area contributed by atoms with Crippen LogP contribution < -0.4 is 15.8 Å². The number of carbonyl (C=O) groups excluding carboxylic acids is 1. The van der Waals surface area contributed by atoms with Crippen LogP contribution in [0.25, 0.3) is 0 Å². The topological polar surface area (TPSA) is 89.2 Å². The lowest BCUT2D eigenvalue weighted by atomic mass is 10.1. The monoisotopic (exact) mass is 552 g/mol. The summed E-state index contributed by atoms with van der Waals surface area (Å²) in [7, 11) is 0. The van der Waals surface area contributed by atoms with Gasteiger partial charge in [0.1, 0.15) is 12.4 Å². The second kappa shape index (κ2) is 13.8. The number of rotatable bonds is 8. The summed E-state index contributed by atoms with van der Waals surface area (Å²) in [4.78, 5) is 18.0. The fourth-order valence-electron chi connectivity index (χ4n) is 3.51. The van der Waals surface area contributed by atoms with Gasteiger partial charge in [0, 0.05) is 25.7 Å². The van der Waals surface area contributed by atoms with E-state index in [0.717, 1.165) is 36.1 Å². The van der Waals surface area contributed by atoms with Crippen molar-refractivity contribution in [1.82, 2.24) is 10.2 Å². The van der Waals surface area contributed by atoms with Crippen molar-refractivity contribution in [3.05, 3.63) is 65.7 Å². The van der Waals surface area contributed by atoms with Gasteiger partial charge in [-0.15, -0.1) is 24.0 Å². The highest BCUT2D eigenvalue weighted by atomic mass is 127. The van der Waals surface area contributed by atoms with Crippen molar-refractivity contribution in [2.24, 2.45) is 10.7 Å². The van der Waals surface area contributed by atoms with E-state index in [4.69, 9.17) is 15.2 Å². The molecular weight excluding hydrogens is 519 g/mol. The molecule has 0 bridgehead atoms. The van der Waals surface area contributed by atoms with Crippen LogP contribution in [-0.4, -0.2) is 49.2 Å². The number of guanidine groups is 1. The number of nitrogens with zero attached hydrogens (tertiary/aromatic N) is 2. The second-order valence-electron chi connectivity index (χ2n) is 7.54. The molecule has 1 aliphatic rings. The van der Waals surface area contributed by atoms with E-state index < -0.39 is 0 Å². The van der Waals surface area contributed by atoms with Crippen molar-refractivity contribution in [2.75, 3.05) is 26.2 Å². The average Bonchev–Trinajstić information content (AvgIpc) is 2.79. The molecule has 7 nitrogen and oxygen atoms in total. The summed E-state index contributed by atoms with van der Waals surface area (Å²) in [5.74, 6) is 1.30. The normalized spacial score (nSPS) is 14.4. The molecule has 0 spiro atoms. The number of ether oxygens (including phenoxy) is 2. The summed E-state index contributed by atoms with van der Waals surface area (Å²) in [5, 5.41) is 3.27. The Labute approximate surface area is 207 Å². The van der Waals surface area contributed by atoms with E-state index in [-0.39, 0.29) is 36.1 Å². The van der Waals surface area contributed by atoms with E-state index in [1.807, 2.05) is 43.3 Å². The highest BCUT2D eigenvalue weighted by Crippen LogP contribution is 2.16. The quantitative estimate of drug-likeness (QED) is 0.294. The molecule has 8 heteroatoms. The van der Waals surface area contributed by atoms with E-state index in [2.05, 4.69) is 28.5 Å². The lowest BCUT2D eigenvalue weighted by Gasteiger charge is -2.31. The van der Waals surface area contributed by atoms with E-state index in [1.54, 1.807) is 4.90 Å². The minimum absolute atomic E-state index is 0. The van der Waals surface area contributed by atoms with Gasteiger partial charge in [-0.2, -0.15) is 0 Å². The van der Waals surface area contributed by atoms with Crippen LogP contribution in [0.5, 0.6) is 5.75 Å². The fourth-order valence-corrected chi connectivity index (χ4v) is 3.51. The number of hydrogen-bond acceptors (Lipinski definition) is 4. The first-order valence-electron chi connectivity index (χ1n) is 10.9. The van der Waals surface area contributed by atoms with Crippen molar-refractivity contribution in [1.29, 1.82) is 0 Å². The Bertz CT molecular complexity index is 855. The van der Waals surface area contributed by atoms with Gasteiger partial charge in [0.25, 0.3) is 0 Å². The maximum Gasteiger partial charge on any atom is 0.409 e. The Hall–Kier alpha value is -2.49. The number of carbonyl (C=O) groups is 1. The molecule has 1 fully saturated rings. The number of likely N-dealkylation sites (tertiary alicyclic amines) is 1. The minimum Gasteiger partial charge on any atom is -0.489 e. The maximum atomic E-state index is 11.8. The van der Waals surface area contributed by atoms with Gasteiger partial charge in [-0.05, 0) is 49.4 Å². The molecule has 0 unspecified atom stereocenters. The standard InChI is InChI=1S/C24H32N4O3.HI/c1-2-30-24(29)28-15-12-21(13-16-28)27-23(25)26-14-11-19-9-6-10-22(17-19)31-18-20-7-4-3-5-8-20;/h3-10,17,21H,2,11-16,18H2,1H3,(H3,25,26,27);1H. The molecule has 1 saturated heterocycles. The molecule has 1 heterocycles. The van der Waals surface area contributed by atoms with Gasteiger partial charge in [-0.3, -0.25) is 4.99 Å². The third kappa shape index (κ3) is 8.57. The van der Waals surface area contributed by atoms with E-state index in [0.29, 0.717) is 38.8 Å². The van der Waals surface area contributed by atoms with Gasteiger partial charge < -0.3 is 25.4 Å². The number of aliphatic imine (C=N–C) groups is 1. The molecule has 1 aliphatic heterocycles. The molecule has 2 aromatic carbocycles. The molecule has 3 rings (SSSR count). The van der Waals surface area contributed by atoms with Gasteiger partial charge in [0.15, 0.2) is 5.96 Å². The highest BCUT2D eigenvalue weighted by molar-refractivity contribution is 14.0. The second-order valence-corrected chi connectivity index (χ2v) is 7.54. The molecule has 0 aliphatic carbocycles. The fraction of sp³-hybridized carbons (Fsp3) is 0.417. The van der Waals surface area contributed by atoms with E-state index in [9.17, 15) is 4.79 Å². The smallest absolute Gasteiger partial charge is 0.409 e. The zero-order valence-electron chi connectivity index (χ0n) is 18.5. The number of piperidine rings is 1. The molecular formula is C24H33IN4O3. The Morgan fingerprint density at radius 2 is 1.84 bits per heavy atom. The molecule has 3 N–H and O–H groups in total. The van der Waals surface area contributed by atoms with Crippen molar-refractivity contribution in [2.45, 2.75) is 38.8 Å². The molecule has 0 atom stereocenters. The van der Waals surface area contributed by atoms with Crippen LogP contribution in [-0.2, 0) is 17.8 Å². The maximum absolute atomic E-state index is 11.8. The Morgan fingerprint density at radius 3 is 2.56 bits per heavy atom. The van der Waals surface area contributed by atoms with Gasteiger partial charge in [0.2, 0.25) is 0 Å². The number of nitrogens with two attached hydrogens (primary N) is 1. The van der Waals surface area contributed by atoms with Crippen molar-refractivity contribution < 1.29 is 14.3 Å². The third-order valence-corrected chi connectivity index (χ3v) is 5.20. The zero-order chi connectivity index (χ0) is 21.9. The van der Waals surface area contributed by atoms with Crippen molar-refractivity contribution >= 4 is 36.0 Å². The van der Waals surface area contributed by atoms with Crippen LogP contribution in [0, 0.1) is 0 Å². The third-order valence-electron chi connectivity index (χ3n) is 5.20. The molecule has 32 heavy (non-hydrogen) atoms. The summed E-state index contributed by atoms with van der Waals surface area (Å²) in [5.41, 5.74) is 8.36. The van der Waals surface area contributed by atoms with Crippen molar-refractivity contribution in [3.63, 3.8) is 0 Å². The first-order valence-corrected chi connectivity index (χ1v) is 10.9. The Morgan fingerprint density at radius 1 is 1.12 bits per heavy atom. The van der Waals surface area contributed by atoms with Gasteiger partial charge in [0.05, 0.1) is 6.61 Å². The van der Waals surface area contributed by atoms with E-state index >= 15 is 0 Å². The lowest BCUT2D eigenvalue weighted by Crippen LogP contribution is -2.48. The summed E-state index contributed by atoms with van der Waals surface area (Å²) >= 11 is 0. The molecule has 2 aromatic rings. The summed E-state index contributed by atoms with van der Waals surface area (Å²) < 4.78 is 10.9. The Kier molecular flexibility index (Phi) is 11.1. The zero-order valence-corrected chi connectivity index (χ0v) is 20.9.